The van der Waals surface area contributed by atoms with Crippen molar-refractivity contribution < 1.29 is 35.2 Å². The van der Waals surface area contributed by atoms with Gasteiger partial charge in [0.2, 0.25) is 0 Å². The number of nitrogens with two attached hydrogens (primary N) is 1. The van der Waals surface area contributed by atoms with Gasteiger partial charge < -0.3 is 10.1 Å². The van der Waals surface area contributed by atoms with E-state index in [-0.39, 0.29) is 5.60 Å². The van der Waals surface area contributed by atoms with Gasteiger partial charge in [-0.15, -0.1) is 0 Å². The predicted molar refractivity (Wildman–Crippen MR) is 54.5 cm³/mol. The summed E-state index contributed by atoms with van der Waals surface area (Å²) in [5, 5.41) is 2.35. The Morgan fingerprint density at radius 2 is 1.65 bits per heavy atom. The summed E-state index contributed by atoms with van der Waals surface area (Å²) in [6.45, 7) is 7.63. The van der Waals surface area contributed by atoms with Crippen molar-refractivity contribution in [3.63, 3.8) is 0 Å². The van der Waals surface area contributed by atoms with Gasteiger partial charge in [-0.05, 0) is 13.3 Å². The molecular weight excluding hydrogens is 271 g/mol. The van der Waals surface area contributed by atoms with E-state index < -0.39 is 7.81 Å². The van der Waals surface area contributed by atoms with Crippen LogP contribution >= 0.6 is 7.81 Å². The molecule has 0 amide bonds. The van der Waals surface area contributed by atoms with Gasteiger partial charge in [0.15, 0.2) is 0 Å². The maximum absolute atomic E-state index is 10.7. The minimum absolute atomic E-state index is 0.174. The SMILES string of the molecule is CCCC1(C)C[NH2+]CCO1.F[P-](F)(F)(F)(F)F. The Kier molecular flexibility index (Phi) is 4.53. The van der Waals surface area contributed by atoms with Crippen molar-refractivity contribution in [1.82, 2.24) is 0 Å². The molecule has 1 fully saturated rings. The van der Waals surface area contributed by atoms with E-state index in [4.69, 9.17) is 4.74 Å². The fourth-order valence-electron chi connectivity index (χ4n) is 1.56. The van der Waals surface area contributed by atoms with Crippen molar-refractivity contribution >= 4 is 7.81 Å². The fraction of sp³-hybridized carbons (Fsp3) is 1.00. The summed E-state index contributed by atoms with van der Waals surface area (Å²) >= 11 is 0. The molecule has 0 aliphatic carbocycles. The Hall–Kier alpha value is -0.0700. The molecule has 1 unspecified atom stereocenters. The molecule has 0 spiro atoms. The first-order chi connectivity index (χ1) is 7.22. The molecule has 17 heavy (non-hydrogen) atoms. The second-order valence-electron chi connectivity index (χ2n) is 4.29. The first-order valence-corrected chi connectivity index (χ1v) is 7.27. The molecule has 9 heteroatoms. The van der Waals surface area contributed by atoms with Crippen LogP contribution in [0, 0.1) is 0 Å². The normalized spacial score (nSPS) is 29.6. The molecule has 1 heterocycles. The van der Waals surface area contributed by atoms with E-state index in [1.54, 1.807) is 0 Å². The Bertz CT molecular complexity index is 227. The Morgan fingerprint density at radius 3 is 1.94 bits per heavy atom. The molecule has 1 aliphatic rings. The van der Waals surface area contributed by atoms with E-state index in [0.717, 1.165) is 19.7 Å². The number of ether oxygens (including phenoxy) is 1. The van der Waals surface area contributed by atoms with Crippen LogP contribution in [-0.4, -0.2) is 25.3 Å². The Labute approximate surface area is 95.9 Å². The minimum atomic E-state index is -10.7. The van der Waals surface area contributed by atoms with Crippen molar-refractivity contribution in [3.8, 4) is 0 Å². The summed E-state index contributed by atoms with van der Waals surface area (Å²) in [7, 11) is -10.7. The monoisotopic (exact) mass is 289 g/mol. The topological polar surface area (TPSA) is 25.8 Å². The third-order valence-electron chi connectivity index (χ3n) is 2.13. The summed E-state index contributed by atoms with van der Waals surface area (Å²) in [5.74, 6) is 0. The van der Waals surface area contributed by atoms with Crippen LogP contribution in [0.15, 0.2) is 0 Å². The van der Waals surface area contributed by atoms with Crippen LogP contribution in [0.1, 0.15) is 26.7 Å². The molecule has 1 rings (SSSR count). The van der Waals surface area contributed by atoms with Gasteiger partial charge in [0.1, 0.15) is 12.1 Å². The van der Waals surface area contributed by atoms with Gasteiger partial charge in [0.25, 0.3) is 0 Å². The molecule has 0 aromatic heterocycles. The zero-order valence-electron chi connectivity index (χ0n) is 9.74. The molecule has 0 bridgehead atoms. The van der Waals surface area contributed by atoms with Gasteiger partial charge in [-0.1, -0.05) is 13.3 Å². The number of quaternary nitrogens is 1. The number of morpholine rings is 1. The van der Waals surface area contributed by atoms with Gasteiger partial charge in [0, 0.05) is 0 Å². The van der Waals surface area contributed by atoms with Gasteiger partial charge in [-0.2, -0.15) is 0 Å². The average Bonchev–Trinajstić information content (AvgIpc) is 1.99. The average molecular weight is 289 g/mol. The number of hydrogen-bond acceptors (Lipinski definition) is 1. The predicted octanol–water partition coefficient (Wildman–Crippen LogP) is 3.52. The van der Waals surface area contributed by atoms with Crippen molar-refractivity contribution in [2.45, 2.75) is 32.3 Å². The molecule has 2 nitrogen and oxygen atoms in total. The molecule has 1 aliphatic heterocycles. The van der Waals surface area contributed by atoms with Gasteiger partial charge in [-0.25, -0.2) is 0 Å². The third-order valence-corrected chi connectivity index (χ3v) is 2.13. The van der Waals surface area contributed by atoms with Crippen LogP contribution in [0.25, 0.3) is 0 Å². The van der Waals surface area contributed by atoms with E-state index in [2.05, 4.69) is 19.2 Å². The van der Waals surface area contributed by atoms with E-state index in [1.165, 1.54) is 12.8 Å². The molecule has 0 aromatic rings. The summed E-state index contributed by atoms with van der Waals surface area (Å²) in [6, 6.07) is 0. The number of rotatable bonds is 2. The zero-order valence-corrected chi connectivity index (χ0v) is 10.6. The van der Waals surface area contributed by atoms with Gasteiger partial charge >= 0.3 is 33.0 Å². The van der Waals surface area contributed by atoms with Gasteiger partial charge in [-0.3, -0.25) is 0 Å². The zero-order chi connectivity index (χ0) is 13.9. The Balaban J connectivity index is 0.000000325. The number of halogens is 6. The van der Waals surface area contributed by atoms with E-state index in [9.17, 15) is 25.2 Å². The first-order valence-electron chi connectivity index (χ1n) is 5.24. The van der Waals surface area contributed by atoms with Gasteiger partial charge in [0.05, 0.1) is 13.2 Å². The third kappa shape index (κ3) is 15.9. The van der Waals surface area contributed by atoms with Crippen LogP contribution in [0.4, 0.5) is 25.2 Å². The summed E-state index contributed by atoms with van der Waals surface area (Å²) in [6.07, 6.45) is 2.42. The fourth-order valence-corrected chi connectivity index (χ4v) is 1.56. The molecule has 1 saturated heterocycles. The summed E-state index contributed by atoms with van der Waals surface area (Å²) < 4.78 is 64.9. The van der Waals surface area contributed by atoms with Crippen molar-refractivity contribution in [3.05, 3.63) is 0 Å². The van der Waals surface area contributed by atoms with Crippen molar-refractivity contribution in [2.75, 3.05) is 19.7 Å². The maximum atomic E-state index is 9.87. The molecule has 0 radical (unpaired) electrons. The number of hydrogen-bond donors (Lipinski definition) is 1. The van der Waals surface area contributed by atoms with E-state index in [1.807, 2.05) is 0 Å². The molecule has 0 aromatic carbocycles. The van der Waals surface area contributed by atoms with Crippen LogP contribution in [0.2, 0.25) is 0 Å². The first kappa shape index (κ1) is 16.9. The molecule has 1 atom stereocenters. The molecule has 0 saturated carbocycles. The summed E-state index contributed by atoms with van der Waals surface area (Å²) in [4.78, 5) is 0. The molecule has 2 N–H and O–H groups in total. The summed E-state index contributed by atoms with van der Waals surface area (Å²) in [5.41, 5.74) is 0.174. The van der Waals surface area contributed by atoms with Crippen molar-refractivity contribution in [2.24, 2.45) is 0 Å². The van der Waals surface area contributed by atoms with E-state index in [0.29, 0.717) is 0 Å². The van der Waals surface area contributed by atoms with Crippen LogP contribution in [0.3, 0.4) is 0 Å². The van der Waals surface area contributed by atoms with Crippen LogP contribution < -0.4 is 5.32 Å². The molecule has 108 valence electrons. The van der Waals surface area contributed by atoms with Crippen molar-refractivity contribution in [1.29, 1.82) is 0 Å². The van der Waals surface area contributed by atoms with Crippen LogP contribution in [0.5, 0.6) is 0 Å². The quantitative estimate of drug-likeness (QED) is 0.611. The van der Waals surface area contributed by atoms with E-state index >= 15 is 0 Å². The standard InChI is InChI=1S/C8H17NO.F6P/c1-3-4-8(2)7-9-5-6-10-8;1-7(2,3,4,5)6/h9H,3-7H2,1-2H3;/q;-1/p+1. The molecular formula is C8H18F6NOP. The second-order valence-corrected chi connectivity index (χ2v) is 6.20. The second kappa shape index (κ2) is 4.55. The Morgan fingerprint density at radius 1 is 1.18 bits per heavy atom. The van der Waals surface area contributed by atoms with Crippen LogP contribution in [-0.2, 0) is 4.74 Å².